The summed E-state index contributed by atoms with van der Waals surface area (Å²) in [5, 5.41) is 6.37. The molecule has 1 aromatic carbocycles. The van der Waals surface area contributed by atoms with E-state index in [9.17, 15) is 13.2 Å². The number of halogens is 3. The smallest absolute Gasteiger partial charge is 0.422 e. The van der Waals surface area contributed by atoms with E-state index in [0.29, 0.717) is 38.1 Å². The van der Waals surface area contributed by atoms with Gasteiger partial charge in [0.2, 0.25) is 5.88 Å². The van der Waals surface area contributed by atoms with Crippen molar-refractivity contribution in [2.75, 3.05) is 19.8 Å². The predicted molar refractivity (Wildman–Crippen MR) is 105 cm³/mol. The van der Waals surface area contributed by atoms with Crippen molar-refractivity contribution in [2.24, 2.45) is 4.99 Å². The lowest BCUT2D eigenvalue weighted by atomic mass is 10.2. The Morgan fingerprint density at radius 3 is 2.48 bits per heavy atom. The number of nitrogens with one attached hydrogen (secondary N) is 2. The van der Waals surface area contributed by atoms with Gasteiger partial charge in [-0.3, -0.25) is 0 Å². The fraction of sp³-hybridized carbons (Fsp3) is 0.400. The summed E-state index contributed by atoms with van der Waals surface area (Å²) in [6, 6.07) is 10.1. The molecule has 0 unspecified atom stereocenters. The van der Waals surface area contributed by atoms with Gasteiger partial charge in [0, 0.05) is 24.8 Å². The highest BCUT2D eigenvalue weighted by molar-refractivity contribution is 5.79. The van der Waals surface area contributed by atoms with Gasteiger partial charge in [0.15, 0.2) is 12.6 Å². The SMILES string of the molecule is CCNC(=NCc1ccc(OCC(F)(F)F)cc1)NCc1cccnc1OCC. The van der Waals surface area contributed by atoms with Gasteiger partial charge in [0.25, 0.3) is 0 Å². The minimum atomic E-state index is -4.36. The number of ether oxygens (including phenoxy) is 2. The normalized spacial score (nSPS) is 11.8. The Labute approximate surface area is 168 Å². The topological polar surface area (TPSA) is 67.8 Å². The van der Waals surface area contributed by atoms with Crippen molar-refractivity contribution < 1.29 is 22.6 Å². The molecule has 0 radical (unpaired) electrons. The third kappa shape index (κ3) is 8.28. The van der Waals surface area contributed by atoms with Crippen molar-refractivity contribution in [3.05, 3.63) is 53.7 Å². The molecule has 0 fully saturated rings. The van der Waals surface area contributed by atoms with E-state index in [2.05, 4.69) is 20.6 Å². The number of guanidine groups is 1. The van der Waals surface area contributed by atoms with Gasteiger partial charge in [-0.05, 0) is 37.6 Å². The Hall–Kier alpha value is -2.97. The molecule has 1 heterocycles. The molecule has 29 heavy (non-hydrogen) atoms. The molecule has 2 aromatic rings. The van der Waals surface area contributed by atoms with E-state index in [1.165, 1.54) is 12.1 Å². The summed E-state index contributed by atoms with van der Waals surface area (Å²) in [6.45, 7) is 4.61. The van der Waals surface area contributed by atoms with Crippen LogP contribution < -0.4 is 20.1 Å². The lowest BCUT2D eigenvalue weighted by Crippen LogP contribution is -2.36. The molecule has 0 spiro atoms. The van der Waals surface area contributed by atoms with Gasteiger partial charge in [-0.2, -0.15) is 13.2 Å². The lowest BCUT2D eigenvalue weighted by molar-refractivity contribution is -0.153. The highest BCUT2D eigenvalue weighted by Crippen LogP contribution is 2.19. The quantitative estimate of drug-likeness (QED) is 0.488. The first-order valence-corrected chi connectivity index (χ1v) is 9.28. The zero-order chi connectivity index (χ0) is 21.1. The van der Waals surface area contributed by atoms with Crippen LogP contribution in [0.4, 0.5) is 13.2 Å². The van der Waals surface area contributed by atoms with Gasteiger partial charge >= 0.3 is 6.18 Å². The molecule has 0 saturated heterocycles. The van der Waals surface area contributed by atoms with E-state index in [4.69, 9.17) is 9.47 Å². The van der Waals surface area contributed by atoms with Crippen molar-refractivity contribution in [1.29, 1.82) is 0 Å². The first-order chi connectivity index (χ1) is 13.9. The highest BCUT2D eigenvalue weighted by Gasteiger charge is 2.28. The van der Waals surface area contributed by atoms with E-state index in [0.717, 1.165) is 11.1 Å². The Bertz CT molecular complexity index is 780. The monoisotopic (exact) mass is 410 g/mol. The first-order valence-electron chi connectivity index (χ1n) is 9.28. The van der Waals surface area contributed by atoms with Gasteiger partial charge in [0.05, 0.1) is 13.2 Å². The summed E-state index contributed by atoms with van der Waals surface area (Å²) in [5.41, 5.74) is 1.75. The molecule has 0 atom stereocenters. The van der Waals surface area contributed by atoms with Crippen LogP contribution in [-0.4, -0.2) is 36.9 Å². The number of nitrogens with zero attached hydrogens (tertiary/aromatic N) is 2. The van der Waals surface area contributed by atoms with Crippen LogP contribution in [0.5, 0.6) is 11.6 Å². The Kier molecular flexibility index (Phi) is 8.57. The molecule has 0 saturated carbocycles. The zero-order valence-corrected chi connectivity index (χ0v) is 16.4. The third-order valence-electron chi connectivity index (χ3n) is 3.67. The number of aromatic nitrogens is 1. The minimum absolute atomic E-state index is 0.167. The molecule has 158 valence electrons. The fourth-order valence-corrected chi connectivity index (χ4v) is 2.37. The van der Waals surface area contributed by atoms with Crippen LogP contribution in [0, 0.1) is 0 Å². The van der Waals surface area contributed by atoms with Crippen molar-refractivity contribution in [3.63, 3.8) is 0 Å². The van der Waals surface area contributed by atoms with Crippen molar-refractivity contribution >= 4 is 5.96 Å². The second kappa shape index (κ2) is 11.1. The first kappa shape index (κ1) is 22.3. The molecule has 6 nitrogen and oxygen atoms in total. The Balaban J connectivity index is 1.95. The number of hydrogen-bond donors (Lipinski definition) is 2. The molecular weight excluding hydrogens is 385 g/mol. The average molecular weight is 410 g/mol. The third-order valence-corrected chi connectivity index (χ3v) is 3.67. The lowest BCUT2D eigenvalue weighted by Gasteiger charge is -2.13. The molecule has 1 aromatic heterocycles. The van der Waals surface area contributed by atoms with Crippen molar-refractivity contribution in [3.8, 4) is 11.6 Å². The molecule has 0 aliphatic rings. The molecule has 2 rings (SSSR count). The zero-order valence-electron chi connectivity index (χ0n) is 16.4. The van der Waals surface area contributed by atoms with Crippen LogP contribution >= 0.6 is 0 Å². The standard InChI is InChI=1S/C20H25F3N4O2/c1-3-24-19(27-13-16-6-5-11-25-18(16)28-4-2)26-12-15-7-9-17(10-8-15)29-14-20(21,22)23/h5-11H,3-4,12-14H2,1-2H3,(H2,24,26,27). The summed E-state index contributed by atoms with van der Waals surface area (Å²) in [6.07, 6.45) is -2.68. The van der Waals surface area contributed by atoms with Gasteiger partial charge < -0.3 is 20.1 Å². The van der Waals surface area contributed by atoms with E-state index in [1.54, 1.807) is 18.3 Å². The largest absolute Gasteiger partial charge is 0.484 e. The van der Waals surface area contributed by atoms with E-state index in [1.807, 2.05) is 26.0 Å². The second-order valence-corrected chi connectivity index (χ2v) is 6.00. The predicted octanol–water partition coefficient (Wildman–Crippen LogP) is 3.68. The highest BCUT2D eigenvalue weighted by atomic mass is 19.4. The van der Waals surface area contributed by atoms with E-state index in [-0.39, 0.29) is 5.75 Å². The van der Waals surface area contributed by atoms with Gasteiger partial charge in [-0.1, -0.05) is 18.2 Å². The number of benzene rings is 1. The maximum atomic E-state index is 12.2. The summed E-state index contributed by atoms with van der Waals surface area (Å²) >= 11 is 0. The molecule has 0 amide bonds. The van der Waals surface area contributed by atoms with Crippen LogP contribution in [0.1, 0.15) is 25.0 Å². The van der Waals surface area contributed by atoms with Crippen LogP contribution in [0.2, 0.25) is 0 Å². The van der Waals surface area contributed by atoms with Crippen LogP contribution in [0.15, 0.2) is 47.6 Å². The summed E-state index contributed by atoms with van der Waals surface area (Å²) in [5.74, 6) is 1.35. The van der Waals surface area contributed by atoms with Crippen LogP contribution in [0.3, 0.4) is 0 Å². The number of aliphatic imine (C=N–C) groups is 1. The molecule has 0 bridgehead atoms. The van der Waals surface area contributed by atoms with Crippen LogP contribution in [-0.2, 0) is 13.1 Å². The van der Waals surface area contributed by atoms with Gasteiger partial charge in [-0.15, -0.1) is 0 Å². The average Bonchev–Trinajstić information content (AvgIpc) is 2.70. The maximum Gasteiger partial charge on any atom is 0.422 e. The van der Waals surface area contributed by atoms with Gasteiger partial charge in [-0.25, -0.2) is 9.98 Å². The summed E-state index contributed by atoms with van der Waals surface area (Å²) in [7, 11) is 0. The number of alkyl halides is 3. The van der Waals surface area contributed by atoms with Crippen molar-refractivity contribution in [2.45, 2.75) is 33.1 Å². The molecule has 0 aliphatic heterocycles. The van der Waals surface area contributed by atoms with E-state index >= 15 is 0 Å². The van der Waals surface area contributed by atoms with E-state index < -0.39 is 12.8 Å². The maximum absolute atomic E-state index is 12.2. The number of pyridine rings is 1. The van der Waals surface area contributed by atoms with Crippen molar-refractivity contribution in [1.82, 2.24) is 15.6 Å². The Morgan fingerprint density at radius 1 is 1.07 bits per heavy atom. The summed E-state index contributed by atoms with van der Waals surface area (Å²) in [4.78, 5) is 8.72. The van der Waals surface area contributed by atoms with Gasteiger partial charge in [0.1, 0.15) is 5.75 Å². The fourth-order valence-electron chi connectivity index (χ4n) is 2.37. The molecule has 0 aliphatic carbocycles. The Morgan fingerprint density at radius 2 is 1.83 bits per heavy atom. The van der Waals surface area contributed by atoms with Crippen LogP contribution in [0.25, 0.3) is 0 Å². The molecule has 9 heteroatoms. The molecular formula is C20H25F3N4O2. The minimum Gasteiger partial charge on any atom is -0.484 e. The number of rotatable bonds is 9. The number of hydrogen-bond acceptors (Lipinski definition) is 4. The summed E-state index contributed by atoms with van der Waals surface area (Å²) < 4.78 is 46.8. The second-order valence-electron chi connectivity index (χ2n) is 6.00. The molecule has 2 N–H and O–H groups in total.